The summed E-state index contributed by atoms with van der Waals surface area (Å²) in [7, 11) is 0. The van der Waals surface area contributed by atoms with Crippen LogP contribution in [0.5, 0.6) is 0 Å². The average Bonchev–Trinajstić information content (AvgIpc) is 2.11. The van der Waals surface area contributed by atoms with E-state index in [1.54, 1.807) is 0 Å². The molecular formula is C11H20O2. The number of hydrogen-bond donors (Lipinski definition) is 1. The molecule has 1 N–H and O–H groups in total. The van der Waals surface area contributed by atoms with Gasteiger partial charge < -0.3 is 5.11 Å². The van der Waals surface area contributed by atoms with E-state index in [2.05, 4.69) is 20.8 Å². The van der Waals surface area contributed by atoms with Crippen LogP contribution in [0.25, 0.3) is 0 Å². The van der Waals surface area contributed by atoms with Crippen LogP contribution in [-0.2, 0) is 4.79 Å². The third-order valence-corrected chi connectivity index (χ3v) is 2.66. The normalized spacial score (nSPS) is 16.8. The predicted octanol–water partition coefficient (Wildman–Crippen LogP) is 3.09. The number of carboxylic acids is 1. The maximum absolute atomic E-state index is 10.7. The van der Waals surface area contributed by atoms with Gasteiger partial charge >= 0.3 is 5.97 Å². The molecule has 0 aromatic heterocycles. The van der Waals surface area contributed by atoms with E-state index in [9.17, 15) is 4.79 Å². The fourth-order valence-corrected chi connectivity index (χ4v) is 1.19. The van der Waals surface area contributed by atoms with Crippen LogP contribution in [0.4, 0.5) is 0 Å². The molecule has 2 nitrogen and oxygen atoms in total. The number of rotatable bonds is 5. The molecule has 0 bridgehead atoms. The second-order valence-corrected chi connectivity index (χ2v) is 3.60. The zero-order chi connectivity index (χ0) is 10.4. The lowest BCUT2D eigenvalue weighted by Gasteiger charge is -2.14. The van der Waals surface area contributed by atoms with Gasteiger partial charge in [0.15, 0.2) is 0 Å². The van der Waals surface area contributed by atoms with Crippen molar-refractivity contribution < 1.29 is 9.90 Å². The van der Waals surface area contributed by atoms with Crippen molar-refractivity contribution in [3.8, 4) is 0 Å². The van der Waals surface area contributed by atoms with Crippen molar-refractivity contribution in [2.24, 2.45) is 11.8 Å². The summed E-state index contributed by atoms with van der Waals surface area (Å²) in [5.74, 6) is 0.134. The Morgan fingerprint density at radius 2 is 1.92 bits per heavy atom. The molecule has 0 saturated heterocycles. The van der Waals surface area contributed by atoms with Crippen LogP contribution in [0.2, 0.25) is 0 Å². The van der Waals surface area contributed by atoms with Gasteiger partial charge in [0.05, 0.1) is 0 Å². The number of carbonyl (C=O) groups is 1. The Labute approximate surface area is 80.7 Å². The highest BCUT2D eigenvalue weighted by atomic mass is 16.4. The molecule has 0 aliphatic carbocycles. The van der Waals surface area contributed by atoms with Gasteiger partial charge in [-0.1, -0.05) is 40.2 Å². The van der Waals surface area contributed by atoms with E-state index in [1.165, 1.54) is 0 Å². The molecule has 0 radical (unpaired) electrons. The first-order valence-electron chi connectivity index (χ1n) is 4.96. The first kappa shape index (κ1) is 12.2. The first-order valence-corrected chi connectivity index (χ1v) is 4.96. The van der Waals surface area contributed by atoms with Gasteiger partial charge in [0.2, 0.25) is 0 Å². The van der Waals surface area contributed by atoms with E-state index < -0.39 is 5.97 Å². The minimum atomic E-state index is -0.780. The minimum Gasteiger partial charge on any atom is -0.478 e. The third kappa shape index (κ3) is 4.11. The molecule has 13 heavy (non-hydrogen) atoms. The van der Waals surface area contributed by atoms with Gasteiger partial charge in [0.25, 0.3) is 0 Å². The lowest BCUT2D eigenvalue weighted by Crippen LogP contribution is -2.08. The molecule has 2 unspecified atom stereocenters. The highest BCUT2D eigenvalue weighted by Gasteiger charge is 2.11. The molecule has 76 valence electrons. The number of allylic oxidation sites excluding steroid dienone is 1. The van der Waals surface area contributed by atoms with Gasteiger partial charge in [-0.25, -0.2) is 4.79 Å². The summed E-state index contributed by atoms with van der Waals surface area (Å²) in [6.45, 7) is 8.23. The Bertz CT molecular complexity index is 194. The van der Waals surface area contributed by atoms with E-state index in [4.69, 9.17) is 5.11 Å². The van der Waals surface area contributed by atoms with E-state index in [0.29, 0.717) is 23.8 Å². The molecule has 0 aliphatic rings. The summed E-state index contributed by atoms with van der Waals surface area (Å²) < 4.78 is 0. The van der Waals surface area contributed by atoms with Crippen molar-refractivity contribution in [3.05, 3.63) is 11.6 Å². The Balaban J connectivity index is 4.41. The smallest absolute Gasteiger partial charge is 0.331 e. The molecular weight excluding hydrogens is 164 g/mol. The molecule has 0 fully saturated rings. The van der Waals surface area contributed by atoms with E-state index in [1.807, 2.05) is 13.0 Å². The van der Waals surface area contributed by atoms with Crippen molar-refractivity contribution in [1.82, 2.24) is 0 Å². The van der Waals surface area contributed by atoms with Crippen molar-refractivity contribution in [3.63, 3.8) is 0 Å². The van der Waals surface area contributed by atoms with Crippen LogP contribution >= 0.6 is 0 Å². The molecule has 2 atom stereocenters. The van der Waals surface area contributed by atoms with E-state index in [0.717, 1.165) is 6.42 Å². The fraction of sp³-hybridized carbons (Fsp3) is 0.727. The fourth-order valence-electron chi connectivity index (χ4n) is 1.19. The van der Waals surface area contributed by atoms with Crippen LogP contribution < -0.4 is 0 Å². The SMILES string of the molecule is CCC(=CC(C)C(C)CC)C(=O)O. The quantitative estimate of drug-likeness (QED) is 0.667. The van der Waals surface area contributed by atoms with Crippen LogP contribution in [0, 0.1) is 11.8 Å². The largest absolute Gasteiger partial charge is 0.478 e. The molecule has 0 aromatic carbocycles. The third-order valence-electron chi connectivity index (χ3n) is 2.66. The van der Waals surface area contributed by atoms with Crippen LogP contribution in [0.1, 0.15) is 40.5 Å². The Kier molecular flexibility index (Phi) is 5.44. The van der Waals surface area contributed by atoms with E-state index in [-0.39, 0.29) is 0 Å². The first-order chi connectivity index (χ1) is 6.02. The molecule has 2 heteroatoms. The second kappa shape index (κ2) is 5.79. The van der Waals surface area contributed by atoms with Crippen molar-refractivity contribution >= 4 is 5.97 Å². The summed E-state index contributed by atoms with van der Waals surface area (Å²) in [6, 6.07) is 0. The number of carboxylic acid groups (broad SMARTS) is 1. The minimum absolute atomic E-state index is 0.357. The lowest BCUT2D eigenvalue weighted by atomic mass is 9.91. The van der Waals surface area contributed by atoms with E-state index >= 15 is 0 Å². The van der Waals surface area contributed by atoms with Gasteiger partial charge in [-0.15, -0.1) is 0 Å². The van der Waals surface area contributed by atoms with Gasteiger partial charge in [0.1, 0.15) is 0 Å². The van der Waals surface area contributed by atoms with Gasteiger partial charge in [-0.2, -0.15) is 0 Å². The van der Waals surface area contributed by atoms with Gasteiger partial charge in [-0.3, -0.25) is 0 Å². The van der Waals surface area contributed by atoms with Crippen LogP contribution in [0.3, 0.4) is 0 Å². The summed E-state index contributed by atoms with van der Waals surface area (Å²) >= 11 is 0. The molecule has 0 saturated carbocycles. The highest BCUT2D eigenvalue weighted by Crippen LogP contribution is 2.18. The number of hydrogen-bond acceptors (Lipinski definition) is 1. The van der Waals surface area contributed by atoms with Crippen molar-refractivity contribution in [2.45, 2.75) is 40.5 Å². The Hall–Kier alpha value is -0.790. The molecule has 0 heterocycles. The maximum atomic E-state index is 10.7. The topological polar surface area (TPSA) is 37.3 Å². The lowest BCUT2D eigenvalue weighted by molar-refractivity contribution is -0.132. The molecule has 0 rings (SSSR count). The van der Waals surface area contributed by atoms with Gasteiger partial charge in [0, 0.05) is 5.57 Å². The van der Waals surface area contributed by atoms with Crippen LogP contribution in [-0.4, -0.2) is 11.1 Å². The summed E-state index contributed by atoms with van der Waals surface area (Å²) in [6.07, 6.45) is 3.58. The predicted molar refractivity (Wildman–Crippen MR) is 54.6 cm³/mol. The molecule has 0 amide bonds. The number of aliphatic carboxylic acids is 1. The second-order valence-electron chi connectivity index (χ2n) is 3.60. The Morgan fingerprint density at radius 3 is 2.23 bits per heavy atom. The van der Waals surface area contributed by atoms with Crippen molar-refractivity contribution in [1.29, 1.82) is 0 Å². The zero-order valence-corrected chi connectivity index (χ0v) is 9.00. The zero-order valence-electron chi connectivity index (χ0n) is 9.00. The Morgan fingerprint density at radius 1 is 1.38 bits per heavy atom. The summed E-state index contributed by atoms with van der Waals surface area (Å²) in [5, 5.41) is 8.81. The standard InChI is InChI=1S/C11H20O2/c1-5-8(3)9(4)7-10(6-2)11(12)13/h7-9H,5-6H2,1-4H3,(H,12,13). The summed E-state index contributed by atoms with van der Waals surface area (Å²) in [4.78, 5) is 10.7. The molecule has 0 spiro atoms. The summed E-state index contributed by atoms with van der Waals surface area (Å²) in [5.41, 5.74) is 0.535. The monoisotopic (exact) mass is 184 g/mol. The maximum Gasteiger partial charge on any atom is 0.331 e. The average molecular weight is 184 g/mol. The van der Waals surface area contributed by atoms with Gasteiger partial charge in [-0.05, 0) is 18.3 Å². The van der Waals surface area contributed by atoms with Crippen LogP contribution in [0.15, 0.2) is 11.6 Å². The van der Waals surface area contributed by atoms with Crippen molar-refractivity contribution in [2.75, 3.05) is 0 Å². The molecule has 0 aliphatic heterocycles. The molecule has 0 aromatic rings. The highest BCUT2D eigenvalue weighted by molar-refractivity contribution is 5.86.